The molecule has 0 spiro atoms. The highest BCUT2D eigenvalue weighted by Gasteiger charge is 2.29. The lowest BCUT2D eigenvalue weighted by Crippen LogP contribution is -2.36. The highest BCUT2D eigenvalue weighted by atomic mass is 32.2. The Labute approximate surface area is 163 Å². The number of likely N-dealkylation sites (N-methyl/N-ethyl adjacent to an activating group) is 2. The first kappa shape index (κ1) is 21.5. The highest BCUT2D eigenvalue weighted by Crippen LogP contribution is 2.20. The van der Waals surface area contributed by atoms with Gasteiger partial charge < -0.3 is 9.64 Å². The minimum Gasteiger partial charge on any atom is -0.446 e. The van der Waals surface area contributed by atoms with Gasteiger partial charge in [-0.1, -0.05) is 30.3 Å². The van der Waals surface area contributed by atoms with Gasteiger partial charge in [0.25, 0.3) is 5.91 Å². The van der Waals surface area contributed by atoms with E-state index in [1.54, 1.807) is 30.3 Å². The van der Waals surface area contributed by atoms with E-state index in [-0.39, 0.29) is 4.90 Å². The van der Waals surface area contributed by atoms with Crippen molar-refractivity contribution < 1.29 is 27.1 Å². The van der Waals surface area contributed by atoms with Crippen LogP contribution in [0.3, 0.4) is 0 Å². The molecular formula is C19H21FN2O5S. The van der Waals surface area contributed by atoms with Crippen LogP contribution in [0.25, 0.3) is 0 Å². The number of sulfonamides is 1. The van der Waals surface area contributed by atoms with Crippen LogP contribution in [0.2, 0.25) is 0 Å². The van der Waals surface area contributed by atoms with Crippen molar-refractivity contribution in [3.63, 3.8) is 0 Å². The summed E-state index contributed by atoms with van der Waals surface area (Å²) in [5.41, 5.74) is 0.471. The largest absolute Gasteiger partial charge is 0.446 e. The van der Waals surface area contributed by atoms with Crippen molar-refractivity contribution in [2.45, 2.75) is 11.0 Å². The van der Waals surface area contributed by atoms with Crippen LogP contribution in [0.4, 0.5) is 4.39 Å². The fourth-order valence-corrected chi connectivity index (χ4v) is 3.46. The third-order valence-electron chi connectivity index (χ3n) is 3.89. The van der Waals surface area contributed by atoms with Crippen LogP contribution < -0.4 is 0 Å². The molecule has 1 amide bonds. The topological polar surface area (TPSA) is 84.0 Å². The number of ether oxygens (including phenoxy) is 1. The number of rotatable bonds is 7. The first-order valence-electron chi connectivity index (χ1n) is 8.30. The van der Waals surface area contributed by atoms with Gasteiger partial charge in [-0.25, -0.2) is 12.8 Å². The molecule has 0 aliphatic rings. The molecule has 0 heterocycles. The number of halogens is 1. The molecule has 0 radical (unpaired) electrons. The summed E-state index contributed by atoms with van der Waals surface area (Å²) in [7, 11) is 0.232. The summed E-state index contributed by atoms with van der Waals surface area (Å²) in [6.45, 7) is -0.607. The maximum absolute atomic E-state index is 13.0. The van der Waals surface area contributed by atoms with Gasteiger partial charge in [0.05, 0.1) is 4.90 Å². The predicted molar refractivity (Wildman–Crippen MR) is 100 cm³/mol. The van der Waals surface area contributed by atoms with Crippen LogP contribution in [0.15, 0.2) is 59.5 Å². The molecule has 2 aromatic carbocycles. The van der Waals surface area contributed by atoms with E-state index in [1.165, 1.54) is 26.0 Å². The number of benzene rings is 2. The summed E-state index contributed by atoms with van der Waals surface area (Å²) in [4.78, 5) is 25.9. The van der Waals surface area contributed by atoms with Crippen LogP contribution in [0, 0.1) is 5.82 Å². The van der Waals surface area contributed by atoms with E-state index < -0.39 is 40.4 Å². The first-order chi connectivity index (χ1) is 13.1. The molecule has 7 nitrogen and oxygen atoms in total. The summed E-state index contributed by atoms with van der Waals surface area (Å²) in [5, 5.41) is 0. The Morgan fingerprint density at radius 1 is 1.00 bits per heavy atom. The van der Waals surface area contributed by atoms with E-state index in [1.807, 2.05) is 0 Å². The summed E-state index contributed by atoms with van der Waals surface area (Å²) >= 11 is 0. The number of hydrogen-bond donors (Lipinski definition) is 0. The zero-order chi connectivity index (χ0) is 20.9. The molecule has 28 heavy (non-hydrogen) atoms. The predicted octanol–water partition coefficient (Wildman–Crippen LogP) is 1.82. The number of esters is 1. The third-order valence-corrected chi connectivity index (χ3v) is 5.71. The molecular weight excluding hydrogens is 387 g/mol. The van der Waals surface area contributed by atoms with Gasteiger partial charge in [-0.15, -0.1) is 0 Å². The molecule has 0 N–H and O–H groups in total. The lowest BCUT2D eigenvalue weighted by Gasteiger charge is -2.23. The molecule has 0 fully saturated rings. The SMILES string of the molecule is CN(C)C(=O)[C@@H](OC(=O)CN(C)S(=O)(=O)c1ccc(F)cc1)c1ccccc1. The van der Waals surface area contributed by atoms with E-state index in [0.29, 0.717) is 5.56 Å². The second-order valence-corrected chi connectivity index (χ2v) is 8.27. The monoisotopic (exact) mass is 408 g/mol. The zero-order valence-corrected chi connectivity index (χ0v) is 16.5. The molecule has 0 saturated heterocycles. The lowest BCUT2D eigenvalue weighted by molar-refractivity contribution is -0.159. The van der Waals surface area contributed by atoms with Gasteiger partial charge in [0.1, 0.15) is 12.4 Å². The maximum atomic E-state index is 13.0. The van der Waals surface area contributed by atoms with Gasteiger partial charge in [0.15, 0.2) is 0 Å². The molecule has 0 aliphatic heterocycles. The second kappa shape index (κ2) is 8.94. The van der Waals surface area contributed by atoms with Crippen molar-refractivity contribution in [1.82, 2.24) is 9.21 Å². The quantitative estimate of drug-likeness (QED) is 0.653. The van der Waals surface area contributed by atoms with Crippen LogP contribution in [0.1, 0.15) is 11.7 Å². The van der Waals surface area contributed by atoms with Gasteiger partial charge in [-0.3, -0.25) is 9.59 Å². The smallest absolute Gasteiger partial charge is 0.322 e. The Morgan fingerprint density at radius 3 is 2.11 bits per heavy atom. The van der Waals surface area contributed by atoms with Gasteiger partial charge in [0.2, 0.25) is 16.1 Å². The summed E-state index contributed by atoms with van der Waals surface area (Å²) in [6, 6.07) is 12.7. The van der Waals surface area contributed by atoms with Crippen LogP contribution in [0.5, 0.6) is 0 Å². The number of amides is 1. The molecule has 150 valence electrons. The van der Waals surface area contributed by atoms with E-state index in [4.69, 9.17) is 4.74 Å². The van der Waals surface area contributed by atoms with Crippen molar-refractivity contribution >= 4 is 21.9 Å². The molecule has 0 unspecified atom stereocenters. The normalized spacial score (nSPS) is 12.5. The maximum Gasteiger partial charge on any atom is 0.322 e. The Hall–Kier alpha value is -2.78. The van der Waals surface area contributed by atoms with E-state index in [0.717, 1.165) is 28.6 Å². The van der Waals surface area contributed by atoms with Gasteiger partial charge in [0, 0.05) is 26.7 Å². The number of nitrogens with zero attached hydrogens (tertiary/aromatic N) is 2. The third kappa shape index (κ3) is 5.14. The molecule has 0 bridgehead atoms. The molecule has 1 atom stereocenters. The Balaban J connectivity index is 2.15. The minimum absolute atomic E-state index is 0.159. The number of carbonyl (C=O) groups excluding carboxylic acids is 2. The highest BCUT2D eigenvalue weighted by molar-refractivity contribution is 7.89. The van der Waals surface area contributed by atoms with Crippen LogP contribution >= 0.6 is 0 Å². The average Bonchev–Trinajstić information content (AvgIpc) is 2.66. The fourth-order valence-electron chi connectivity index (χ4n) is 2.35. The van der Waals surface area contributed by atoms with Crippen molar-refractivity contribution in [1.29, 1.82) is 0 Å². The standard InChI is InChI=1S/C19H21FN2O5S/c1-21(2)19(24)18(14-7-5-4-6-8-14)27-17(23)13-22(3)28(25,26)16-11-9-15(20)10-12-16/h4-12,18H,13H2,1-3H3/t18-/m0/s1. The first-order valence-corrected chi connectivity index (χ1v) is 9.74. The molecule has 0 aromatic heterocycles. The van der Waals surface area contributed by atoms with Crippen LogP contribution in [-0.2, 0) is 24.3 Å². The molecule has 2 rings (SSSR count). The summed E-state index contributed by atoms with van der Waals surface area (Å²) in [6.07, 6.45) is -1.19. The Kier molecular flexibility index (Phi) is 6.87. The Bertz CT molecular complexity index is 931. The Morgan fingerprint density at radius 2 is 1.57 bits per heavy atom. The van der Waals surface area contributed by atoms with E-state index in [9.17, 15) is 22.4 Å². The number of carbonyl (C=O) groups is 2. The van der Waals surface area contributed by atoms with Crippen molar-refractivity contribution in [3.05, 3.63) is 66.0 Å². The van der Waals surface area contributed by atoms with Crippen molar-refractivity contribution in [2.24, 2.45) is 0 Å². The second-order valence-electron chi connectivity index (χ2n) is 6.23. The lowest BCUT2D eigenvalue weighted by atomic mass is 10.1. The molecule has 9 heteroatoms. The zero-order valence-electron chi connectivity index (χ0n) is 15.7. The van der Waals surface area contributed by atoms with Gasteiger partial charge in [-0.05, 0) is 24.3 Å². The molecule has 0 saturated carbocycles. The number of hydrogen-bond acceptors (Lipinski definition) is 5. The van der Waals surface area contributed by atoms with E-state index in [2.05, 4.69) is 0 Å². The minimum atomic E-state index is -4.02. The molecule has 2 aromatic rings. The summed E-state index contributed by atoms with van der Waals surface area (Å²) in [5.74, 6) is -1.92. The van der Waals surface area contributed by atoms with Gasteiger partial charge >= 0.3 is 5.97 Å². The van der Waals surface area contributed by atoms with Gasteiger partial charge in [-0.2, -0.15) is 4.31 Å². The average molecular weight is 408 g/mol. The fraction of sp³-hybridized carbons (Fsp3) is 0.263. The molecule has 0 aliphatic carbocycles. The van der Waals surface area contributed by atoms with Crippen molar-refractivity contribution in [2.75, 3.05) is 27.7 Å². The van der Waals surface area contributed by atoms with Crippen LogP contribution in [-0.4, -0.2) is 57.2 Å². The summed E-state index contributed by atoms with van der Waals surface area (Å²) < 4.78 is 44.1. The van der Waals surface area contributed by atoms with Crippen molar-refractivity contribution in [3.8, 4) is 0 Å². The van der Waals surface area contributed by atoms with E-state index >= 15 is 0 Å².